The van der Waals surface area contributed by atoms with E-state index in [4.69, 9.17) is 6.57 Å². The van der Waals surface area contributed by atoms with E-state index in [0.29, 0.717) is 22.3 Å². The Hall–Kier alpha value is -5.27. The maximum absolute atomic E-state index is 13.3. The Morgan fingerprint density at radius 1 is 0.780 bits per heavy atom. The van der Waals surface area contributed by atoms with E-state index < -0.39 is 0 Å². The van der Waals surface area contributed by atoms with Crippen molar-refractivity contribution in [1.82, 2.24) is 0 Å². The monoisotopic (exact) mass is 561 g/mol. The summed E-state index contributed by atoms with van der Waals surface area (Å²) in [5, 5.41) is 10.8. The molecule has 1 aliphatic rings. The fourth-order valence-electron chi connectivity index (χ4n) is 5.34. The molecule has 0 atom stereocenters. The fourth-order valence-corrected chi connectivity index (χ4v) is 7.85. The summed E-state index contributed by atoms with van der Waals surface area (Å²) in [6.45, 7) is 7.52. The molecular formula is C35H19N3OS2. The molecule has 0 N–H and O–H groups in total. The minimum Gasteiger partial charge on any atom is -0.310 e. The van der Waals surface area contributed by atoms with E-state index in [2.05, 4.69) is 58.3 Å². The van der Waals surface area contributed by atoms with Gasteiger partial charge >= 0.3 is 0 Å². The highest BCUT2D eigenvalue weighted by atomic mass is 32.1. The largest absolute Gasteiger partial charge is 0.310 e. The number of fused-ring (bicyclic) bond motifs is 4. The SMILES string of the molecule is [C-]#[N+]/C(C#N)=C1\C(=C\c2cc3sc4cc(N(c5ccccc5)c5ccccc5)ccc4c3s2)C(=O)c2ccccc21. The summed E-state index contributed by atoms with van der Waals surface area (Å²) in [6.07, 6.45) is 1.84. The molecule has 7 rings (SSSR count). The molecule has 0 aliphatic heterocycles. The van der Waals surface area contributed by atoms with Crippen LogP contribution in [-0.2, 0) is 0 Å². The molecule has 0 bridgehead atoms. The molecule has 41 heavy (non-hydrogen) atoms. The van der Waals surface area contributed by atoms with Gasteiger partial charge in [0.15, 0.2) is 5.78 Å². The van der Waals surface area contributed by atoms with Crippen LogP contribution in [0.15, 0.2) is 120 Å². The highest BCUT2D eigenvalue weighted by molar-refractivity contribution is 7.33. The molecular weight excluding hydrogens is 543 g/mol. The summed E-state index contributed by atoms with van der Waals surface area (Å²) in [5.74, 6) is -0.153. The summed E-state index contributed by atoms with van der Waals surface area (Å²) < 4.78 is 3.48. The van der Waals surface area contributed by atoms with E-state index in [9.17, 15) is 10.1 Å². The number of carbonyl (C=O) groups is 1. The zero-order valence-electron chi connectivity index (χ0n) is 21.5. The van der Waals surface area contributed by atoms with Gasteiger partial charge in [0, 0.05) is 53.4 Å². The van der Waals surface area contributed by atoms with Crippen LogP contribution in [0.3, 0.4) is 0 Å². The van der Waals surface area contributed by atoms with Crippen molar-refractivity contribution in [2.75, 3.05) is 4.90 Å². The minimum atomic E-state index is -0.153. The molecule has 6 heteroatoms. The van der Waals surface area contributed by atoms with Crippen molar-refractivity contribution in [3.63, 3.8) is 0 Å². The highest BCUT2D eigenvalue weighted by Gasteiger charge is 2.32. The molecule has 1 aliphatic carbocycles. The third-order valence-electron chi connectivity index (χ3n) is 7.13. The number of hydrogen-bond acceptors (Lipinski definition) is 5. The Morgan fingerprint density at radius 2 is 1.44 bits per heavy atom. The van der Waals surface area contributed by atoms with E-state index in [0.717, 1.165) is 31.3 Å². The van der Waals surface area contributed by atoms with E-state index in [-0.39, 0.29) is 11.5 Å². The number of rotatable bonds is 4. The van der Waals surface area contributed by atoms with E-state index >= 15 is 0 Å². The molecule has 2 aromatic heterocycles. The smallest absolute Gasteiger partial charge is 0.270 e. The molecule has 192 valence electrons. The fraction of sp³-hybridized carbons (Fsp3) is 0. The van der Waals surface area contributed by atoms with Gasteiger partial charge in [0.2, 0.25) is 0 Å². The minimum absolute atomic E-state index is 0.0627. The van der Waals surface area contributed by atoms with E-state index in [1.54, 1.807) is 40.9 Å². The summed E-state index contributed by atoms with van der Waals surface area (Å²) in [7, 11) is 0. The van der Waals surface area contributed by atoms with E-state index in [1.807, 2.05) is 54.6 Å². The lowest BCUT2D eigenvalue weighted by molar-refractivity contribution is 0.104. The number of Topliss-reactive ketones (excluding diaryl/α,β-unsaturated/α-hetero) is 1. The lowest BCUT2D eigenvalue weighted by Crippen LogP contribution is -2.09. The molecule has 0 spiro atoms. The Bertz CT molecular complexity index is 2080. The van der Waals surface area contributed by atoms with Crippen molar-refractivity contribution in [1.29, 1.82) is 5.26 Å². The van der Waals surface area contributed by atoms with Crippen molar-refractivity contribution in [2.24, 2.45) is 0 Å². The molecule has 0 fully saturated rings. The van der Waals surface area contributed by atoms with Gasteiger partial charge < -0.3 is 4.90 Å². The first-order valence-corrected chi connectivity index (χ1v) is 14.5. The molecule has 0 saturated heterocycles. The second kappa shape index (κ2) is 10.0. The quantitative estimate of drug-likeness (QED) is 0.122. The second-order valence-corrected chi connectivity index (χ2v) is 11.7. The molecule has 4 aromatic carbocycles. The number of allylic oxidation sites excluding steroid dienone is 3. The lowest BCUT2D eigenvalue weighted by Gasteiger charge is -2.25. The summed E-state index contributed by atoms with van der Waals surface area (Å²) in [4.78, 5) is 19.9. The number of para-hydroxylation sites is 2. The maximum atomic E-state index is 13.3. The van der Waals surface area contributed by atoms with Gasteiger partial charge in [-0.1, -0.05) is 66.7 Å². The average Bonchev–Trinajstić information content (AvgIpc) is 3.65. The number of thiophene rings is 2. The summed E-state index contributed by atoms with van der Waals surface area (Å²) in [5.41, 5.74) is 5.21. The lowest BCUT2D eigenvalue weighted by atomic mass is 10.0. The van der Waals surface area contributed by atoms with Crippen molar-refractivity contribution in [3.05, 3.63) is 148 Å². The Labute approximate surface area is 244 Å². The van der Waals surface area contributed by atoms with Gasteiger partial charge in [-0.3, -0.25) is 4.79 Å². The molecule has 0 unspecified atom stereocenters. The molecule has 2 heterocycles. The molecule has 0 radical (unpaired) electrons. The number of nitrogens with zero attached hydrogens (tertiary/aromatic N) is 3. The van der Waals surface area contributed by atoms with Gasteiger partial charge in [-0.2, -0.15) is 0 Å². The second-order valence-electron chi connectivity index (χ2n) is 9.51. The number of anilines is 3. The van der Waals surface area contributed by atoms with Crippen LogP contribution in [0.1, 0.15) is 20.8 Å². The third kappa shape index (κ3) is 4.15. The van der Waals surface area contributed by atoms with Crippen LogP contribution < -0.4 is 4.90 Å². The van der Waals surface area contributed by atoms with Gasteiger partial charge in [0.1, 0.15) is 0 Å². The van der Waals surface area contributed by atoms with Crippen LogP contribution in [0.2, 0.25) is 0 Å². The van der Waals surface area contributed by atoms with Crippen molar-refractivity contribution < 1.29 is 4.79 Å². The van der Waals surface area contributed by atoms with Crippen molar-refractivity contribution >= 4 is 76.7 Å². The number of ketones is 1. The molecule has 0 amide bonds. The number of nitriles is 1. The molecule has 4 nitrogen and oxygen atoms in total. The predicted octanol–water partition coefficient (Wildman–Crippen LogP) is 10.0. The first kappa shape index (κ1) is 24.7. The Kier molecular flexibility index (Phi) is 6.06. The van der Waals surface area contributed by atoms with Crippen LogP contribution in [0.5, 0.6) is 0 Å². The normalized spacial score (nSPS) is 14.7. The zero-order valence-corrected chi connectivity index (χ0v) is 23.2. The Morgan fingerprint density at radius 3 is 2.10 bits per heavy atom. The first-order valence-electron chi connectivity index (χ1n) is 12.9. The summed E-state index contributed by atoms with van der Waals surface area (Å²) in [6, 6.07) is 38.5. The predicted molar refractivity (Wildman–Crippen MR) is 170 cm³/mol. The topological polar surface area (TPSA) is 48.5 Å². The van der Waals surface area contributed by atoms with E-state index in [1.165, 1.54) is 10.1 Å². The van der Waals surface area contributed by atoms with Crippen LogP contribution in [0.25, 0.3) is 36.0 Å². The standard InChI is InChI=1S/C35H19N3OS2/c1-37-30(21-36)33-26-14-8-9-15-27(26)34(39)29(33)19-25-20-32-35(40-25)28-17-16-24(18-31(28)41-32)38(22-10-4-2-5-11-22)23-12-6-3-7-13-23/h2-20H/b29-19-,33-30-. The van der Waals surface area contributed by atoms with Crippen LogP contribution >= 0.6 is 22.7 Å². The van der Waals surface area contributed by atoms with Crippen molar-refractivity contribution in [2.45, 2.75) is 0 Å². The van der Waals surface area contributed by atoms with Gasteiger partial charge in [-0.25, -0.2) is 10.1 Å². The molecule has 6 aromatic rings. The average molecular weight is 562 g/mol. The number of benzene rings is 4. The van der Waals surface area contributed by atoms with Crippen LogP contribution in [0.4, 0.5) is 17.1 Å². The zero-order chi connectivity index (χ0) is 27.9. The van der Waals surface area contributed by atoms with Gasteiger partial charge in [0.05, 0.1) is 17.3 Å². The van der Waals surface area contributed by atoms with Crippen LogP contribution in [-0.4, -0.2) is 5.78 Å². The van der Waals surface area contributed by atoms with Gasteiger partial charge in [0.25, 0.3) is 5.70 Å². The molecule has 0 saturated carbocycles. The number of hydrogen-bond donors (Lipinski definition) is 0. The summed E-state index contributed by atoms with van der Waals surface area (Å²) >= 11 is 3.35. The van der Waals surface area contributed by atoms with Crippen molar-refractivity contribution in [3.8, 4) is 6.07 Å². The third-order valence-corrected chi connectivity index (χ3v) is 9.47. The van der Waals surface area contributed by atoms with Gasteiger partial charge in [-0.15, -0.1) is 22.7 Å². The highest BCUT2D eigenvalue weighted by Crippen LogP contribution is 2.45. The maximum Gasteiger partial charge on any atom is 0.270 e. The first-order chi connectivity index (χ1) is 20.2. The van der Waals surface area contributed by atoms with Gasteiger partial charge in [-0.05, 0) is 54.1 Å². The van der Waals surface area contributed by atoms with Crippen LogP contribution in [0, 0.1) is 17.9 Å². The number of carbonyl (C=O) groups excluding carboxylic acids is 1. The Balaban J connectivity index is 1.32.